The van der Waals surface area contributed by atoms with Crippen molar-refractivity contribution < 1.29 is 14.3 Å². The Balaban J connectivity index is 1.90. The van der Waals surface area contributed by atoms with Crippen LogP contribution in [0.25, 0.3) is 0 Å². The molecule has 6 nitrogen and oxygen atoms in total. The predicted octanol–water partition coefficient (Wildman–Crippen LogP) is 0.247. The fourth-order valence-electron chi connectivity index (χ4n) is 2.21. The van der Waals surface area contributed by atoms with Crippen LogP contribution in [-0.4, -0.2) is 56.0 Å². The molecule has 1 aromatic carbocycles. The quantitative estimate of drug-likeness (QED) is 0.816. The number of para-hydroxylation sites is 1. The van der Waals surface area contributed by atoms with Crippen molar-refractivity contribution in [3.05, 3.63) is 29.8 Å². The van der Waals surface area contributed by atoms with Crippen LogP contribution in [0.5, 0.6) is 5.75 Å². The van der Waals surface area contributed by atoms with Gasteiger partial charge in [0.25, 0.3) is 5.91 Å². The third kappa shape index (κ3) is 4.19. The van der Waals surface area contributed by atoms with E-state index in [0.29, 0.717) is 31.0 Å². The third-order valence-electron chi connectivity index (χ3n) is 3.30. The molecule has 21 heavy (non-hydrogen) atoms. The van der Waals surface area contributed by atoms with Gasteiger partial charge in [0.15, 0.2) is 0 Å². The predicted molar refractivity (Wildman–Crippen MR) is 79.4 cm³/mol. The number of amides is 2. The Hall–Kier alpha value is -2.08. The zero-order valence-corrected chi connectivity index (χ0v) is 12.2. The number of nitrogens with zero attached hydrogens (tertiary/aromatic N) is 1. The Labute approximate surface area is 124 Å². The molecule has 114 valence electrons. The summed E-state index contributed by atoms with van der Waals surface area (Å²) in [6.45, 7) is 5.33. The van der Waals surface area contributed by atoms with Gasteiger partial charge in [-0.1, -0.05) is 12.1 Å². The molecule has 0 radical (unpaired) electrons. The summed E-state index contributed by atoms with van der Waals surface area (Å²) in [6.07, 6.45) is 0. The van der Waals surface area contributed by atoms with Crippen LogP contribution in [0.2, 0.25) is 0 Å². The van der Waals surface area contributed by atoms with E-state index in [1.807, 2.05) is 13.0 Å². The molecular weight excluding hydrogens is 270 g/mol. The highest BCUT2D eigenvalue weighted by atomic mass is 16.5. The fraction of sp³-hybridized carbons (Fsp3) is 0.467. The van der Waals surface area contributed by atoms with E-state index in [2.05, 4.69) is 10.6 Å². The van der Waals surface area contributed by atoms with Gasteiger partial charge in [-0.05, 0) is 19.1 Å². The first-order valence-electron chi connectivity index (χ1n) is 7.21. The minimum Gasteiger partial charge on any atom is -0.493 e. The molecule has 1 aliphatic heterocycles. The number of hydrogen-bond acceptors (Lipinski definition) is 4. The van der Waals surface area contributed by atoms with Crippen molar-refractivity contribution in [2.45, 2.75) is 6.92 Å². The van der Waals surface area contributed by atoms with Gasteiger partial charge in [0.2, 0.25) is 5.91 Å². The lowest BCUT2D eigenvalue weighted by molar-refractivity contribution is -0.130. The van der Waals surface area contributed by atoms with Crippen molar-refractivity contribution in [1.29, 1.82) is 0 Å². The second-order valence-electron chi connectivity index (χ2n) is 4.74. The molecule has 0 saturated carbocycles. The van der Waals surface area contributed by atoms with Gasteiger partial charge < -0.3 is 20.3 Å². The molecule has 1 heterocycles. The highest BCUT2D eigenvalue weighted by Crippen LogP contribution is 2.17. The first kappa shape index (κ1) is 15.3. The van der Waals surface area contributed by atoms with Gasteiger partial charge in [-0.25, -0.2) is 0 Å². The first-order valence-corrected chi connectivity index (χ1v) is 7.21. The number of carbonyl (C=O) groups is 2. The van der Waals surface area contributed by atoms with Crippen molar-refractivity contribution in [3.8, 4) is 5.75 Å². The Kier molecular flexibility index (Phi) is 5.57. The molecule has 1 fully saturated rings. The lowest BCUT2D eigenvalue weighted by atomic mass is 10.2. The second kappa shape index (κ2) is 7.64. The van der Waals surface area contributed by atoms with Gasteiger partial charge in [-0.2, -0.15) is 0 Å². The Bertz CT molecular complexity index is 499. The summed E-state index contributed by atoms with van der Waals surface area (Å²) in [7, 11) is 0. The maximum absolute atomic E-state index is 12.2. The molecule has 0 spiro atoms. The number of nitrogens with one attached hydrogen (secondary N) is 2. The summed E-state index contributed by atoms with van der Waals surface area (Å²) in [5.74, 6) is 0.188. The zero-order valence-electron chi connectivity index (χ0n) is 12.2. The van der Waals surface area contributed by atoms with Crippen LogP contribution >= 0.6 is 0 Å². The lowest BCUT2D eigenvalue weighted by Gasteiger charge is -2.27. The first-order chi connectivity index (χ1) is 10.2. The van der Waals surface area contributed by atoms with Crippen LogP contribution in [0, 0.1) is 0 Å². The molecule has 2 N–H and O–H groups in total. The van der Waals surface area contributed by atoms with Crippen LogP contribution in [0.1, 0.15) is 17.3 Å². The molecular formula is C15H21N3O3. The van der Waals surface area contributed by atoms with E-state index in [0.717, 1.165) is 13.1 Å². The van der Waals surface area contributed by atoms with Gasteiger partial charge in [-0.15, -0.1) is 0 Å². The summed E-state index contributed by atoms with van der Waals surface area (Å²) in [6, 6.07) is 7.02. The number of rotatable bonds is 5. The molecule has 0 aliphatic carbocycles. The number of benzene rings is 1. The monoisotopic (exact) mass is 291 g/mol. The Morgan fingerprint density at radius 3 is 2.71 bits per heavy atom. The molecule has 1 aliphatic rings. The molecule has 1 aromatic rings. The van der Waals surface area contributed by atoms with E-state index >= 15 is 0 Å². The number of hydrogen-bond donors (Lipinski definition) is 2. The molecule has 0 bridgehead atoms. The number of ether oxygens (including phenoxy) is 1. The molecule has 0 unspecified atom stereocenters. The van der Waals surface area contributed by atoms with E-state index in [4.69, 9.17) is 4.74 Å². The molecule has 0 atom stereocenters. The molecule has 2 amide bonds. The van der Waals surface area contributed by atoms with Crippen molar-refractivity contribution in [2.75, 3.05) is 39.3 Å². The van der Waals surface area contributed by atoms with Gasteiger partial charge in [0.05, 0.1) is 18.7 Å². The van der Waals surface area contributed by atoms with Crippen molar-refractivity contribution in [3.63, 3.8) is 0 Å². The maximum atomic E-state index is 12.2. The SMILES string of the molecule is CCOc1ccccc1C(=O)NCC(=O)N1CCNCC1. The second-order valence-corrected chi connectivity index (χ2v) is 4.74. The smallest absolute Gasteiger partial charge is 0.255 e. The van der Waals surface area contributed by atoms with Gasteiger partial charge in [0.1, 0.15) is 5.75 Å². The minimum atomic E-state index is -0.289. The standard InChI is InChI=1S/C15H21N3O3/c1-2-21-13-6-4-3-5-12(13)15(20)17-11-14(19)18-9-7-16-8-10-18/h3-6,16H,2,7-11H2,1H3,(H,17,20). The zero-order chi connectivity index (χ0) is 15.1. The van der Waals surface area contributed by atoms with E-state index in [1.165, 1.54) is 0 Å². The van der Waals surface area contributed by atoms with Crippen LogP contribution in [0.4, 0.5) is 0 Å². The lowest BCUT2D eigenvalue weighted by Crippen LogP contribution is -2.49. The fourth-order valence-corrected chi connectivity index (χ4v) is 2.21. The average Bonchev–Trinajstić information content (AvgIpc) is 2.54. The van der Waals surface area contributed by atoms with Crippen LogP contribution < -0.4 is 15.4 Å². The summed E-state index contributed by atoms with van der Waals surface area (Å²) >= 11 is 0. The van der Waals surface area contributed by atoms with E-state index in [1.54, 1.807) is 23.1 Å². The van der Waals surface area contributed by atoms with E-state index < -0.39 is 0 Å². The van der Waals surface area contributed by atoms with Crippen molar-refractivity contribution >= 4 is 11.8 Å². The van der Waals surface area contributed by atoms with Crippen molar-refractivity contribution in [1.82, 2.24) is 15.5 Å². The summed E-state index contributed by atoms with van der Waals surface area (Å²) in [5, 5.41) is 5.85. The Morgan fingerprint density at radius 2 is 2.00 bits per heavy atom. The molecule has 6 heteroatoms. The minimum absolute atomic E-state index is 0.0132. The Morgan fingerprint density at radius 1 is 1.29 bits per heavy atom. The van der Waals surface area contributed by atoms with Crippen LogP contribution in [0.3, 0.4) is 0 Å². The highest BCUT2D eigenvalue weighted by molar-refractivity contribution is 5.98. The van der Waals surface area contributed by atoms with Crippen molar-refractivity contribution in [2.24, 2.45) is 0 Å². The van der Waals surface area contributed by atoms with E-state index in [9.17, 15) is 9.59 Å². The average molecular weight is 291 g/mol. The molecule has 0 aromatic heterocycles. The highest BCUT2D eigenvalue weighted by Gasteiger charge is 2.18. The largest absolute Gasteiger partial charge is 0.493 e. The molecule has 2 rings (SSSR count). The van der Waals surface area contributed by atoms with Gasteiger partial charge >= 0.3 is 0 Å². The summed E-state index contributed by atoms with van der Waals surface area (Å²) < 4.78 is 5.42. The summed E-state index contributed by atoms with van der Waals surface area (Å²) in [5.41, 5.74) is 0.451. The molecule has 1 saturated heterocycles. The summed E-state index contributed by atoms with van der Waals surface area (Å²) in [4.78, 5) is 25.9. The van der Waals surface area contributed by atoms with E-state index in [-0.39, 0.29) is 18.4 Å². The van der Waals surface area contributed by atoms with Crippen LogP contribution in [-0.2, 0) is 4.79 Å². The normalized spacial score (nSPS) is 14.6. The van der Waals surface area contributed by atoms with Gasteiger partial charge in [0, 0.05) is 26.2 Å². The third-order valence-corrected chi connectivity index (χ3v) is 3.30. The number of carbonyl (C=O) groups excluding carboxylic acids is 2. The topological polar surface area (TPSA) is 70.7 Å². The number of piperazine rings is 1. The van der Waals surface area contributed by atoms with Gasteiger partial charge in [-0.3, -0.25) is 9.59 Å². The van der Waals surface area contributed by atoms with Crippen LogP contribution in [0.15, 0.2) is 24.3 Å². The maximum Gasteiger partial charge on any atom is 0.255 e.